The van der Waals surface area contributed by atoms with E-state index in [-0.39, 0.29) is 6.03 Å². The van der Waals surface area contributed by atoms with Crippen molar-refractivity contribution in [2.45, 2.75) is 54.5 Å². The Morgan fingerprint density at radius 2 is 1.91 bits per heavy atom. The number of anilines is 1. The molecule has 2 amide bonds. The van der Waals surface area contributed by atoms with Gasteiger partial charge in [0.05, 0.1) is 0 Å². The van der Waals surface area contributed by atoms with Crippen LogP contribution in [0, 0.1) is 0 Å². The average molecular weight is 317 g/mol. The molecule has 2 fully saturated rings. The summed E-state index contributed by atoms with van der Waals surface area (Å²) in [6.45, 7) is 0.703. The summed E-state index contributed by atoms with van der Waals surface area (Å²) in [5, 5.41) is 3.68. The molecule has 4 rings (SSSR count). The van der Waals surface area contributed by atoms with Crippen LogP contribution in [0.2, 0.25) is 0 Å². The number of urea groups is 1. The third kappa shape index (κ3) is 2.50. The van der Waals surface area contributed by atoms with Gasteiger partial charge in [-0.15, -0.1) is 11.8 Å². The molecule has 4 nitrogen and oxygen atoms in total. The first-order valence-corrected chi connectivity index (χ1v) is 9.02. The first kappa shape index (κ1) is 14.4. The van der Waals surface area contributed by atoms with Gasteiger partial charge < -0.3 is 15.1 Å². The van der Waals surface area contributed by atoms with Gasteiger partial charge in [0.2, 0.25) is 0 Å². The number of thioether (sulfide) groups is 1. The molecule has 2 bridgehead atoms. The third-order valence-corrected chi connectivity index (χ3v) is 6.67. The molecule has 22 heavy (non-hydrogen) atoms. The average Bonchev–Trinajstić information content (AvgIpc) is 2.71. The van der Waals surface area contributed by atoms with Crippen LogP contribution in [0.15, 0.2) is 23.1 Å². The van der Waals surface area contributed by atoms with E-state index >= 15 is 0 Å². The van der Waals surface area contributed by atoms with Crippen molar-refractivity contribution in [3.8, 4) is 0 Å². The summed E-state index contributed by atoms with van der Waals surface area (Å²) >= 11 is 2.03. The lowest BCUT2D eigenvalue weighted by Crippen LogP contribution is -2.40. The predicted molar refractivity (Wildman–Crippen MR) is 90.4 cm³/mol. The van der Waals surface area contributed by atoms with Gasteiger partial charge >= 0.3 is 6.03 Å². The van der Waals surface area contributed by atoms with E-state index < -0.39 is 0 Å². The summed E-state index contributed by atoms with van der Waals surface area (Å²) in [5.41, 5.74) is 2.19. The lowest BCUT2D eigenvalue weighted by atomic mass is 10.0. The van der Waals surface area contributed by atoms with Gasteiger partial charge in [0.25, 0.3) is 0 Å². The maximum Gasteiger partial charge on any atom is 0.321 e. The van der Waals surface area contributed by atoms with E-state index in [0.29, 0.717) is 6.54 Å². The molecule has 118 valence electrons. The fraction of sp³-hybridized carbons (Fsp3) is 0.588. The van der Waals surface area contributed by atoms with Crippen LogP contribution in [-0.4, -0.2) is 47.3 Å². The van der Waals surface area contributed by atoms with Crippen LogP contribution in [0.3, 0.4) is 0 Å². The van der Waals surface area contributed by atoms with Crippen molar-refractivity contribution < 1.29 is 4.79 Å². The largest absolute Gasteiger partial charge is 0.323 e. The molecule has 3 heterocycles. The Morgan fingerprint density at radius 1 is 1.18 bits per heavy atom. The molecule has 0 spiro atoms. The Hall–Kier alpha value is -1.20. The number of amides is 2. The number of carbonyl (C=O) groups excluding carboxylic acids is 1. The van der Waals surface area contributed by atoms with Crippen LogP contribution in [0.25, 0.3) is 0 Å². The van der Waals surface area contributed by atoms with Crippen molar-refractivity contribution in [1.82, 2.24) is 9.80 Å². The fourth-order valence-electron chi connectivity index (χ4n) is 4.08. The van der Waals surface area contributed by atoms with Gasteiger partial charge in [0.15, 0.2) is 0 Å². The maximum atomic E-state index is 11.7. The number of rotatable bonds is 2. The molecule has 3 aliphatic rings. The van der Waals surface area contributed by atoms with Crippen LogP contribution in [0.1, 0.15) is 31.2 Å². The summed E-state index contributed by atoms with van der Waals surface area (Å²) in [6.07, 6.45) is 5.37. The molecule has 5 heteroatoms. The van der Waals surface area contributed by atoms with Crippen molar-refractivity contribution in [3.63, 3.8) is 0 Å². The topological polar surface area (TPSA) is 35.6 Å². The summed E-state index contributed by atoms with van der Waals surface area (Å²) < 4.78 is 0. The zero-order valence-electron chi connectivity index (χ0n) is 13.2. The highest BCUT2D eigenvalue weighted by molar-refractivity contribution is 8.00. The molecule has 1 N–H and O–H groups in total. The second-order valence-electron chi connectivity index (χ2n) is 6.87. The number of benzene rings is 1. The number of piperidine rings is 1. The van der Waals surface area contributed by atoms with Crippen LogP contribution in [-0.2, 0) is 6.54 Å². The van der Waals surface area contributed by atoms with Gasteiger partial charge in [-0.05, 0) is 56.5 Å². The predicted octanol–water partition coefficient (Wildman–Crippen LogP) is 3.38. The third-order valence-electron chi connectivity index (χ3n) is 5.43. The van der Waals surface area contributed by atoms with Crippen LogP contribution < -0.4 is 5.32 Å². The smallest absolute Gasteiger partial charge is 0.321 e. The molecular formula is C17H23N3OS. The van der Waals surface area contributed by atoms with E-state index in [0.717, 1.165) is 23.0 Å². The zero-order valence-corrected chi connectivity index (χ0v) is 14.0. The molecule has 0 saturated carbocycles. The van der Waals surface area contributed by atoms with E-state index in [1.165, 1.54) is 36.1 Å². The molecular weight excluding hydrogens is 294 g/mol. The van der Waals surface area contributed by atoms with E-state index in [9.17, 15) is 4.79 Å². The highest BCUT2D eigenvalue weighted by Gasteiger charge is 2.38. The van der Waals surface area contributed by atoms with E-state index in [1.807, 2.05) is 18.8 Å². The van der Waals surface area contributed by atoms with Crippen LogP contribution >= 0.6 is 11.8 Å². The number of hydrogen-bond donors (Lipinski definition) is 1. The van der Waals surface area contributed by atoms with Crippen molar-refractivity contribution in [1.29, 1.82) is 0 Å². The molecule has 0 aliphatic carbocycles. The number of carbonyl (C=O) groups is 1. The van der Waals surface area contributed by atoms with Gasteiger partial charge in [-0.3, -0.25) is 0 Å². The van der Waals surface area contributed by atoms with Crippen molar-refractivity contribution in [2.24, 2.45) is 0 Å². The lowest BCUT2D eigenvalue weighted by Gasteiger charge is -2.36. The first-order chi connectivity index (χ1) is 10.6. The summed E-state index contributed by atoms with van der Waals surface area (Å²) in [5.74, 6) is 0. The van der Waals surface area contributed by atoms with Gasteiger partial charge in [-0.2, -0.15) is 0 Å². The minimum atomic E-state index is -0.0141. The molecule has 1 unspecified atom stereocenters. The lowest BCUT2D eigenvalue weighted by molar-refractivity contribution is 0.183. The second-order valence-corrected chi connectivity index (χ2v) is 8.24. The van der Waals surface area contributed by atoms with Gasteiger partial charge in [-0.1, -0.05) is 0 Å². The van der Waals surface area contributed by atoms with Gasteiger partial charge in [0, 0.05) is 41.5 Å². The fourth-order valence-corrected chi connectivity index (χ4v) is 5.46. The Bertz CT molecular complexity index is 592. The monoisotopic (exact) mass is 317 g/mol. The standard InChI is InChI=1S/C17H23N3OS/c1-19-10-11-7-14(5-6-16(11)18-17(19)21)22-15-8-12-3-4-13(9-15)20(12)2/h5-7,12-13,15H,3-4,8-10H2,1-2H3,(H,18,21)/t12-,13+,15?. The van der Waals surface area contributed by atoms with Crippen molar-refractivity contribution >= 4 is 23.5 Å². The molecule has 1 aromatic carbocycles. The van der Waals surface area contributed by atoms with Gasteiger partial charge in [-0.25, -0.2) is 4.79 Å². The van der Waals surface area contributed by atoms with Crippen molar-refractivity contribution in [2.75, 3.05) is 19.4 Å². The number of nitrogens with zero attached hydrogens (tertiary/aromatic N) is 2. The van der Waals surface area contributed by atoms with E-state index in [4.69, 9.17) is 0 Å². The highest BCUT2D eigenvalue weighted by atomic mass is 32.2. The molecule has 1 aromatic rings. The Morgan fingerprint density at radius 3 is 2.64 bits per heavy atom. The normalized spacial score (nSPS) is 31.1. The maximum absolute atomic E-state index is 11.7. The molecule has 3 atom stereocenters. The Balaban J connectivity index is 1.48. The highest BCUT2D eigenvalue weighted by Crippen LogP contribution is 2.42. The van der Waals surface area contributed by atoms with Crippen LogP contribution in [0.5, 0.6) is 0 Å². The SMILES string of the molecule is CN1Cc2cc(SC3C[C@H]4CC[C@@H](C3)N4C)ccc2NC1=O. The zero-order chi connectivity index (χ0) is 15.3. The summed E-state index contributed by atoms with van der Waals surface area (Å²) in [4.78, 5) is 17.3. The quantitative estimate of drug-likeness (QED) is 0.908. The number of nitrogens with one attached hydrogen (secondary N) is 1. The molecule has 0 aromatic heterocycles. The first-order valence-electron chi connectivity index (χ1n) is 8.14. The molecule has 0 radical (unpaired) electrons. The summed E-state index contributed by atoms with van der Waals surface area (Å²) in [7, 11) is 4.13. The molecule has 3 aliphatic heterocycles. The molecule has 2 saturated heterocycles. The Labute approximate surface area is 136 Å². The van der Waals surface area contributed by atoms with Crippen LogP contribution in [0.4, 0.5) is 10.5 Å². The van der Waals surface area contributed by atoms with E-state index in [1.54, 1.807) is 4.90 Å². The van der Waals surface area contributed by atoms with Crippen molar-refractivity contribution in [3.05, 3.63) is 23.8 Å². The minimum Gasteiger partial charge on any atom is -0.323 e. The van der Waals surface area contributed by atoms with E-state index in [2.05, 4.69) is 35.5 Å². The minimum absolute atomic E-state index is 0.0141. The number of fused-ring (bicyclic) bond motifs is 3. The second kappa shape index (κ2) is 5.46. The Kier molecular flexibility index (Phi) is 3.57. The van der Waals surface area contributed by atoms with Gasteiger partial charge in [0.1, 0.15) is 0 Å². The summed E-state index contributed by atoms with van der Waals surface area (Å²) in [6, 6.07) is 8.05. The number of hydrogen-bond acceptors (Lipinski definition) is 3.